The molecule has 26 heavy (non-hydrogen) atoms. The Morgan fingerprint density at radius 3 is 2.08 bits per heavy atom. The van der Waals surface area contributed by atoms with Crippen LogP contribution < -0.4 is 19.9 Å². The van der Waals surface area contributed by atoms with Gasteiger partial charge in [-0.25, -0.2) is 0 Å². The van der Waals surface area contributed by atoms with E-state index in [9.17, 15) is 9.90 Å². The minimum atomic E-state index is -0.857. The molecule has 0 amide bonds. The van der Waals surface area contributed by atoms with Crippen LogP contribution in [-0.4, -0.2) is 37.4 Å². The van der Waals surface area contributed by atoms with Crippen LogP contribution in [0.5, 0.6) is 17.2 Å². The second kappa shape index (κ2) is 10.9. The van der Waals surface area contributed by atoms with Crippen molar-refractivity contribution in [1.82, 2.24) is 0 Å². The van der Waals surface area contributed by atoms with Crippen LogP contribution >= 0.6 is 0 Å². The van der Waals surface area contributed by atoms with Gasteiger partial charge in [0, 0.05) is 12.1 Å². The minimum Gasteiger partial charge on any atom is -0.493 e. The number of ether oxygens (including phenoxy) is 3. The summed E-state index contributed by atoms with van der Waals surface area (Å²) < 4.78 is 17.5. The topological polar surface area (TPSA) is 91.0 Å². The van der Waals surface area contributed by atoms with Gasteiger partial charge < -0.3 is 25.1 Å². The van der Waals surface area contributed by atoms with E-state index in [2.05, 4.69) is 6.92 Å². The van der Waals surface area contributed by atoms with Crippen LogP contribution in [0.1, 0.15) is 52.5 Å². The number of hydrogen-bond acceptors (Lipinski definition) is 5. The van der Waals surface area contributed by atoms with E-state index in [1.165, 1.54) is 0 Å². The Hall–Kier alpha value is -1.95. The largest absolute Gasteiger partial charge is 0.493 e. The molecule has 3 unspecified atom stereocenters. The molecule has 0 radical (unpaired) electrons. The van der Waals surface area contributed by atoms with Crippen molar-refractivity contribution in [3.05, 3.63) is 17.7 Å². The van der Waals surface area contributed by atoms with Crippen LogP contribution in [0.4, 0.5) is 0 Å². The predicted octanol–water partition coefficient (Wildman–Crippen LogP) is 3.67. The molecule has 6 heteroatoms. The zero-order chi connectivity index (χ0) is 19.7. The first kappa shape index (κ1) is 22.1. The van der Waals surface area contributed by atoms with E-state index < -0.39 is 11.9 Å². The van der Waals surface area contributed by atoms with E-state index in [0.29, 0.717) is 37.7 Å². The molecular weight excluding hydrogens is 334 g/mol. The molecule has 0 aromatic heterocycles. The molecule has 1 aromatic rings. The average molecular weight is 367 g/mol. The van der Waals surface area contributed by atoms with Crippen LogP contribution in [0.25, 0.3) is 0 Å². The summed E-state index contributed by atoms with van der Waals surface area (Å²) in [5, 5.41) is 9.32. The lowest BCUT2D eigenvalue weighted by Crippen LogP contribution is -2.26. The van der Waals surface area contributed by atoms with Crippen LogP contribution in [0, 0.1) is 11.8 Å². The SMILES string of the molecule is CCOc1ccc(OCC)c(C(C)C(C)CC(CN)C(=O)O)c1OCC. The highest BCUT2D eigenvalue weighted by atomic mass is 16.5. The first-order valence-electron chi connectivity index (χ1n) is 9.39. The van der Waals surface area contributed by atoms with Crippen molar-refractivity contribution in [2.75, 3.05) is 26.4 Å². The Bertz CT molecular complexity index is 576. The third-order valence-corrected chi connectivity index (χ3v) is 4.61. The molecular formula is C20H33NO5. The van der Waals surface area contributed by atoms with Gasteiger partial charge in [0.1, 0.15) is 5.75 Å². The van der Waals surface area contributed by atoms with Gasteiger partial charge in [-0.3, -0.25) is 4.79 Å². The summed E-state index contributed by atoms with van der Waals surface area (Å²) in [7, 11) is 0. The maximum absolute atomic E-state index is 11.4. The van der Waals surface area contributed by atoms with Crippen LogP contribution in [0.3, 0.4) is 0 Å². The maximum atomic E-state index is 11.4. The summed E-state index contributed by atoms with van der Waals surface area (Å²) in [6.45, 7) is 11.6. The molecule has 1 aromatic carbocycles. The molecule has 1 rings (SSSR count). The molecule has 3 atom stereocenters. The zero-order valence-electron chi connectivity index (χ0n) is 16.6. The van der Waals surface area contributed by atoms with Gasteiger partial charge in [0.15, 0.2) is 11.5 Å². The predicted molar refractivity (Wildman–Crippen MR) is 102 cm³/mol. The smallest absolute Gasteiger partial charge is 0.307 e. The van der Waals surface area contributed by atoms with Gasteiger partial charge in [0.05, 0.1) is 25.7 Å². The Balaban J connectivity index is 3.30. The van der Waals surface area contributed by atoms with Crippen LogP contribution in [-0.2, 0) is 4.79 Å². The lowest BCUT2D eigenvalue weighted by atomic mass is 9.82. The first-order chi connectivity index (χ1) is 12.4. The van der Waals surface area contributed by atoms with Crippen LogP contribution in [0.2, 0.25) is 0 Å². The summed E-state index contributed by atoms with van der Waals surface area (Å²) in [6.07, 6.45) is 0.489. The molecule has 0 fully saturated rings. The Labute approximate surface area is 156 Å². The Kier molecular flexibility index (Phi) is 9.27. The average Bonchev–Trinajstić information content (AvgIpc) is 2.61. The van der Waals surface area contributed by atoms with Crippen molar-refractivity contribution < 1.29 is 24.1 Å². The molecule has 0 aliphatic carbocycles. The van der Waals surface area contributed by atoms with Gasteiger partial charge in [-0.05, 0) is 51.2 Å². The van der Waals surface area contributed by atoms with E-state index >= 15 is 0 Å². The third kappa shape index (κ3) is 5.53. The number of nitrogens with two attached hydrogens (primary N) is 1. The highest BCUT2D eigenvalue weighted by Crippen LogP contribution is 2.45. The highest BCUT2D eigenvalue weighted by molar-refractivity contribution is 5.70. The van der Waals surface area contributed by atoms with Gasteiger partial charge in [0.25, 0.3) is 0 Å². The molecule has 148 valence electrons. The molecule has 0 aliphatic rings. The van der Waals surface area contributed by atoms with Crippen molar-refractivity contribution >= 4 is 5.97 Å². The van der Waals surface area contributed by atoms with E-state index in [0.717, 1.165) is 11.3 Å². The molecule has 0 aliphatic heterocycles. The number of benzene rings is 1. The van der Waals surface area contributed by atoms with Crippen LogP contribution in [0.15, 0.2) is 12.1 Å². The van der Waals surface area contributed by atoms with E-state index in [4.69, 9.17) is 19.9 Å². The summed E-state index contributed by atoms with van der Waals surface area (Å²) in [5.41, 5.74) is 6.55. The second-order valence-corrected chi connectivity index (χ2v) is 6.38. The van der Waals surface area contributed by atoms with Gasteiger partial charge in [0.2, 0.25) is 0 Å². The van der Waals surface area contributed by atoms with Gasteiger partial charge in [-0.2, -0.15) is 0 Å². The quantitative estimate of drug-likeness (QED) is 0.586. The molecule has 0 saturated heterocycles. The molecule has 0 saturated carbocycles. The van der Waals surface area contributed by atoms with Gasteiger partial charge in [-0.15, -0.1) is 0 Å². The third-order valence-electron chi connectivity index (χ3n) is 4.61. The zero-order valence-corrected chi connectivity index (χ0v) is 16.6. The lowest BCUT2D eigenvalue weighted by Gasteiger charge is -2.27. The fraction of sp³-hybridized carbons (Fsp3) is 0.650. The van der Waals surface area contributed by atoms with Crippen molar-refractivity contribution in [2.24, 2.45) is 17.6 Å². The molecule has 3 N–H and O–H groups in total. The number of carboxylic acids is 1. The van der Waals surface area contributed by atoms with Gasteiger partial charge in [-0.1, -0.05) is 13.8 Å². The minimum absolute atomic E-state index is 0.0203. The Morgan fingerprint density at radius 1 is 1.04 bits per heavy atom. The van der Waals surface area contributed by atoms with Gasteiger partial charge >= 0.3 is 5.97 Å². The second-order valence-electron chi connectivity index (χ2n) is 6.38. The van der Waals surface area contributed by atoms with Crippen molar-refractivity contribution in [1.29, 1.82) is 0 Å². The van der Waals surface area contributed by atoms with Crippen molar-refractivity contribution in [3.8, 4) is 17.2 Å². The maximum Gasteiger partial charge on any atom is 0.307 e. The summed E-state index contributed by atoms with van der Waals surface area (Å²) in [5.74, 6) is 0.790. The summed E-state index contributed by atoms with van der Waals surface area (Å²) >= 11 is 0. The fourth-order valence-electron chi connectivity index (χ4n) is 3.07. The Morgan fingerprint density at radius 2 is 1.58 bits per heavy atom. The first-order valence-corrected chi connectivity index (χ1v) is 9.39. The fourth-order valence-corrected chi connectivity index (χ4v) is 3.07. The number of hydrogen-bond donors (Lipinski definition) is 2. The van der Waals surface area contributed by atoms with Crippen molar-refractivity contribution in [3.63, 3.8) is 0 Å². The normalized spacial score (nSPS) is 14.4. The number of carboxylic acid groups (broad SMARTS) is 1. The molecule has 6 nitrogen and oxygen atoms in total. The molecule has 0 bridgehead atoms. The standard InChI is InChI=1S/C20H33NO5/c1-6-24-16-9-10-17(25-7-2)19(26-8-3)18(16)14(5)13(4)11-15(12-21)20(22)23/h9-10,13-15H,6-8,11-12,21H2,1-5H3,(H,22,23). The summed E-state index contributed by atoms with van der Waals surface area (Å²) in [4.78, 5) is 11.4. The molecule has 0 spiro atoms. The van der Waals surface area contributed by atoms with E-state index in [-0.39, 0.29) is 18.4 Å². The molecule has 0 heterocycles. The number of aliphatic carboxylic acids is 1. The lowest BCUT2D eigenvalue weighted by molar-refractivity contribution is -0.142. The highest BCUT2D eigenvalue weighted by Gasteiger charge is 2.28. The van der Waals surface area contributed by atoms with Crippen molar-refractivity contribution in [2.45, 2.75) is 47.0 Å². The summed E-state index contributed by atoms with van der Waals surface area (Å²) in [6, 6.07) is 3.76. The van der Waals surface area contributed by atoms with E-state index in [1.807, 2.05) is 39.8 Å². The number of carbonyl (C=O) groups is 1. The van der Waals surface area contributed by atoms with E-state index in [1.54, 1.807) is 0 Å². The monoisotopic (exact) mass is 367 g/mol. The number of rotatable bonds is 12.